The fourth-order valence-corrected chi connectivity index (χ4v) is 5.13. The van der Waals surface area contributed by atoms with Gasteiger partial charge in [0.25, 0.3) is 5.91 Å². The maximum atomic E-state index is 12.9. The van der Waals surface area contributed by atoms with Gasteiger partial charge in [-0.1, -0.05) is 12.5 Å². The van der Waals surface area contributed by atoms with Crippen LogP contribution in [0.1, 0.15) is 67.2 Å². The number of hydrogen-bond donors (Lipinski definition) is 2. The van der Waals surface area contributed by atoms with E-state index in [-0.39, 0.29) is 11.8 Å². The van der Waals surface area contributed by atoms with Gasteiger partial charge in [-0.25, -0.2) is 4.98 Å². The first-order chi connectivity index (χ1) is 17.0. The Morgan fingerprint density at radius 1 is 1.23 bits per heavy atom. The van der Waals surface area contributed by atoms with E-state index >= 15 is 0 Å². The van der Waals surface area contributed by atoms with Gasteiger partial charge in [0.05, 0.1) is 17.4 Å². The average molecular weight is 468 g/mol. The highest BCUT2D eigenvalue weighted by atomic mass is 16.1. The van der Waals surface area contributed by atoms with Crippen molar-refractivity contribution >= 4 is 28.7 Å². The first-order valence-electron chi connectivity index (χ1n) is 12.1. The Kier molecular flexibility index (Phi) is 6.43. The first-order valence-corrected chi connectivity index (χ1v) is 12.1. The van der Waals surface area contributed by atoms with E-state index in [0.29, 0.717) is 29.2 Å². The second-order valence-electron chi connectivity index (χ2n) is 9.57. The molecule has 1 unspecified atom stereocenters. The van der Waals surface area contributed by atoms with E-state index in [9.17, 15) is 4.79 Å². The number of H-pyrrole nitrogens is 1. The number of aliphatic imine (C=N–C) groups is 1. The van der Waals surface area contributed by atoms with Crippen LogP contribution in [0.15, 0.2) is 53.3 Å². The van der Waals surface area contributed by atoms with Crippen LogP contribution in [0.3, 0.4) is 0 Å². The predicted molar refractivity (Wildman–Crippen MR) is 136 cm³/mol. The lowest BCUT2D eigenvalue weighted by Gasteiger charge is -2.40. The monoisotopic (exact) mass is 467 g/mol. The number of fused-ring (bicyclic) bond motifs is 1. The Bertz CT molecular complexity index is 1320. The third-order valence-corrected chi connectivity index (χ3v) is 7.13. The summed E-state index contributed by atoms with van der Waals surface area (Å²) in [4.78, 5) is 24.1. The number of pyridine rings is 1. The maximum Gasteiger partial charge on any atom is 0.276 e. The number of nitriles is 1. The smallest absolute Gasteiger partial charge is 0.276 e. The van der Waals surface area contributed by atoms with Gasteiger partial charge in [0.15, 0.2) is 5.69 Å². The zero-order valence-corrected chi connectivity index (χ0v) is 20.0. The topological polar surface area (TPSA) is 110 Å². The highest BCUT2D eigenvalue weighted by molar-refractivity contribution is 6.11. The summed E-state index contributed by atoms with van der Waals surface area (Å²) in [7, 11) is 0. The molecule has 1 aromatic carbocycles. The van der Waals surface area contributed by atoms with E-state index in [1.807, 2.05) is 30.6 Å². The quantitative estimate of drug-likeness (QED) is 0.561. The normalized spacial score (nSPS) is 22.5. The number of carbonyl (C=O) groups excluding carboxylic acids is 1. The van der Waals surface area contributed by atoms with Crippen molar-refractivity contribution in [1.29, 1.82) is 5.26 Å². The fraction of sp³-hybridized carbons (Fsp3) is 0.370. The van der Waals surface area contributed by atoms with Crippen LogP contribution >= 0.6 is 0 Å². The molecule has 0 bridgehead atoms. The lowest BCUT2D eigenvalue weighted by atomic mass is 9.89. The largest absolute Gasteiger partial charge is 0.319 e. The summed E-state index contributed by atoms with van der Waals surface area (Å²) >= 11 is 0. The fourth-order valence-electron chi connectivity index (χ4n) is 5.13. The molecule has 4 heterocycles. The van der Waals surface area contributed by atoms with Gasteiger partial charge in [-0.05, 0) is 68.5 Å². The van der Waals surface area contributed by atoms with Crippen LogP contribution in [0.4, 0.5) is 5.69 Å². The molecule has 0 aliphatic carbocycles. The van der Waals surface area contributed by atoms with Crippen molar-refractivity contribution in [1.82, 2.24) is 20.1 Å². The molecule has 8 heteroatoms. The van der Waals surface area contributed by atoms with Crippen molar-refractivity contribution in [3.8, 4) is 6.07 Å². The molecule has 0 radical (unpaired) electrons. The molecule has 1 saturated heterocycles. The lowest BCUT2D eigenvalue weighted by molar-refractivity contribution is 0.102. The summed E-state index contributed by atoms with van der Waals surface area (Å²) in [5, 5.41) is 19.7. The molecule has 0 spiro atoms. The predicted octanol–water partition coefficient (Wildman–Crippen LogP) is 4.79. The van der Waals surface area contributed by atoms with Crippen LogP contribution in [0.5, 0.6) is 0 Å². The summed E-state index contributed by atoms with van der Waals surface area (Å²) in [6.07, 6.45) is 10.2. The highest BCUT2D eigenvalue weighted by Crippen LogP contribution is 2.31. The molecule has 2 aliphatic heterocycles. The van der Waals surface area contributed by atoms with Crippen LogP contribution in [0, 0.1) is 11.3 Å². The van der Waals surface area contributed by atoms with E-state index in [1.165, 1.54) is 31.0 Å². The Morgan fingerprint density at radius 3 is 2.80 bits per heavy atom. The van der Waals surface area contributed by atoms with Gasteiger partial charge in [-0.2, -0.15) is 10.4 Å². The van der Waals surface area contributed by atoms with E-state index in [0.717, 1.165) is 29.4 Å². The standard InChI is InChI=1S/C27H29N7O/c1-17-4-3-5-18(2)34(17)16-19-10-21(14-29-13-19)20-6-9-25-24(11-20)26(33-32-25)27(35)31-23-8-7-22(12-28)30-15-23/h6-9,11,13-15,17-18,21H,3-5,10,16H2,1-2H3,(H,31,35)(H,32,33)/t17-,18+,21?. The SMILES string of the molecule is C[C@@H]1CCC[C@H](C)N1CC1=CN=CC(c2ccc3[nH]nc(C(=O)Nc4ccc(C#N)nc4)c3c2)C1. The van der Waals surface area contributed by atoms with Crippen molar-refractivity contribution in [2.45, 2.75) is 57.5 Å². The van der Waals surface area contributed by atoms with Crippen molar-refractivity contribution in [2.24, 2.45) is 4.99 Å². The molecule has 3 atom stereocenters. The van der Waals surface area contributed by atoms with Crippen LogP contribution in [0.25, 0.3) is 10.9 Å². The van der Waals surface area contributed by atoms with Gasteiger partial charge in [0, 0.05) is 42.3 Å². The molecule has 178 valence electrons. The minimum Gasteiger partial charge on any atom is -0.319 e. The van der Waals surface area contributed by atoms with Crippen LogP contribution in [-0.2, 0) is 0 Å². The Labute approximate surface area is 204 Å². The third kappa shape index (κ3) is 4.86. The molecule has 35 heavy (non-hydrogen) atoms. The van der Waals surface area contributed by atoms with Gasteiger partial charge in [0.1, 0.15) is 11.8 Å². The zero-order valence-electron chi connectivity index (χ0n) is 20.0. The van der Waals surface area contributed by atoms with E-state index in [2.05, 4.69) is 50.3 Å². The van der Waals surface area contributed by atoms with Crippen LogP contribution in [0.2, 0.25) is 0 Å². The second-order valence-corrected chi connectivity index (χ2v) is 9.57. The van der Waals surface area contributed by atoms with Crippen LogP contribution in [-0.4, -0.2) is 50.8 Å². The summed E-state index contributed by atoms with van der Waals surface area (Å²) in [6, 6.07) is 12.5. The molecule has 3 aromatic rings. The van der Waals surface area contributed by atoms with E-state index in [4.69, 9.17) is 5.26 Å². The van der Waals surface area contributed by atoms with Gasteiger partial charge in [-0.3, -0.25) is 19.8 Å². The maximum absolute atomic E-state index is 12.9. The molecule has 0 saturated carbocycles. The molecule has 2 aliphatic rings. The number of aromatic nitrogens is 3. The number of amides is 1. The first kappa shape index (κ1) is 22.9. The number of likely N-dealkylation sites (tertiary alicyclic amines) is 1. The van der Waals surface area contributed by atoms with Crippen molar-refractivity contribution in [2.75, 3.05) is 11.9 Å². The molecule has 2 N–H and O–H groups in total. The number of nitrogens with one attached hydrogen (secondary N) is 2. The van der Waals surface area contributed by atoms with Gasteiger partial charge < -0.3 is 5.32 Å². The molecule has 1 amide bonds. The molecule has 2 aromatic heterocycles. The minimum absolute atomic E-state index is 0.156. The van der Waals surface area contributed by atoms with Crippen molar-refractivity contribution in [3.05, 3.63) is 65.3 Å². The summed E-state index contributed by atoms with van der Waals surface area (Å²) in [5.74, 6) is -0.172. The van der Waals surface area contributed by atoms with Gasteiger partial charge in [0.2, 0.25) is 0 Å². The summed E-state index contributed by atoms with van der Waals surface area (Å²) < 4.78 is 0. The number of hydrogen-bond acceptors (Lipinski definition) is 6. The summed E-state index contributed by atoms with van der Waals surface area (Å²) in [5.41, 5.74) is 4.39. The van der Waals surface area contributed by atoms with E-state index in [1.54, 1.807) is 12.1 Å². The molecule has 5 rings (SSSR count). The number of aromatic amines is 1. The number of benzene rings is 1. The number of carbonyl (C=O) groups is 1. The number of anilines is 1. The highest BCUT2D eigenvalue weighted by Gasteiger charge is 2.27. The Hall–Kier alpha value is -3.83. The van der Waals surface area contributed by atoms with Gasteiger partial charge in [-0.15, -0.1) is 0 Å². The zero-order chi connectivity index (χ0) is 24.4. The lowest BCUT2D eigenvalue weighted by Crippen LogP contribution is -2.44. The number of piperidine rings is 1. The molecule has 1 fully saturated rings. The minimum atomic E-state index is -0.328. The Morgan fingerprint density at radius 2 is 2.06 bits per heavy atom. The van der Waals surface area contributed by atoms with Crippen molar-refractivity contribution < 1.29 is 4.79 Å². The third-order valence-electron chi connectivity index (χ3n) is 7.13. The summed E-state index contributed by atoms with van der Waals surface area (Å²) in [6.45, 7) is 5.61. The molecular weight excluding hydrogens is 438 g/mol. The average Bonchev–Trinajstić information content (AvgIpc) is 3.30. The molecule has 8 nitrogen and oxygen atoms in total. The number of rotatable bonds is 5. The Balaban J connectivity index is 1.32. The van der Waals surface area contributed by atoms with E-state index < -0.39 is 0 Å². The second kappa shape index (κ2) is 9.80. The molecular formula is C27H29N7O. The van der Waals surface area contributed by atoms with Gasteiger partial charge >= 0.3 is 0 Å². The number of nitrogens with zero attached hydrogens (tertiary/aromatic N) is 5. The van der Waals surface area contributed by atoms with Crippen molar-refractivity contribution in [3.63, 3.8) is 0 Å². The van der Waals surface area contributed by atoms with Crippen LogP contribution < -0.4 is 5.32 Å².